The number of carbonyl (C=O) groups excluding carboxylic acids is 1. The average molecular weight is 367 g/mol. The Morgan fingerprint density at radius 2 is 2.31 bits per heavy atom. The first-order valence-electron chi connectivity index (χ1n) is 8.32. The zero-order valence-electron chi connectivity index (χ0n) is 14.6. The Morgan fingerprint density at radius 3 is 2.92 bits per heavy atom. The summed E-state index contributed by atoms with van der Waals surface area (Å²) in [6.45, 7) is 3.39. The number of ether oxygens (including phenoxy) is 2. The van der Waals surface area contributed by atoms with Gasteiger partial charge in [0.15, 0.2) is 0 Å². The number of nitrogens with one attached hydrogen (secondary N) is 1. The summed E-state index contributed by atoms with van der Waals surface area (Å²) in [6, 6.07) is -0.796. The molecule has 0 saturated carbocycles. The predicted octanol–water partition coefficient (Wildman–Crippen LogP) is 0.0601. The van der Waals surface area contributed by atoms with Crippen molar-refractivity contribution in [1.82, 2.24) is 9.55 Å². The highest BCUT2D eigenvalue weighted by Gasteiger charge is 2.38. The van der Waals surface area contributed by atoms with E-state index in [9.17, 15) is 18.8 Å². The van der Waals surface area contributed by atoms with Crippen molar-refractivity contribution >= 4 is 5.97 Å². The van der Waals surface area contributed by atoms with E-state index in [0.29, 0.717) is 6.42 Å². The largest absolute Gasteiger partial charge is 0.462 e. The molecule has 0 spiro atoms. The third-order valence-corrected chi connectivity index (χ3v) is 4.51. The molecule has 1 aromatic rings. The number of nitrogens with two attached hydrogens (primary N) is 1. The molecule has 1 aliphatic heterocycles. The van der Waals surface area contributed by atoms with Gasteiger partial charge in [-0.15, -0.1) is 6.42 Å². The monoisotopic (exact) mass is 367 g/mol. The minimum Gasteiger partial charge on any atom is -0.462 e. The number of halogens is 1. The molecule has 5 atom stereocenters. The van der Waals surface area contributed by atoms with E-state index < -0.39 is 41.8 Å². The number of carbonyl (C=O) groups is 1. The van der Waals surface area contributed by atoms with Gasteiger partial charge in [0.1, 0.15) is 36.7 Å². The first-order valence-corrected chi connectivity index (χ1v) is 8.32. The predicted molar refractivity (Wildman–Crippen MR) is 91.1 cm³/mol. The van der Waals surface area contributed by atoms with Crippen molar-refractivity contribution in [1.29, 1.82) is 0 Å². The number of H-pyrrole nitrogens is 1. The van der Waals surface area contributed by atoms with Gasteiger partial charge in [-0.1, -0.05) is 26.2 Å². The molecule has 1 aromatic heterocycles. The van der Waals surface area contributed by atoms with Crippen LogP contribution in [0.2, 0.25) is 0 Å². The highest BCUT2D eigenvalue weighted by Crippen LogP contribution is 2.30. The number of hydrogen-bond donors (Lipinski definition) is 2. The molecule has 1 saturated heterocycles. The molecular weight excluding hydrogens is 345 g/mol. The van der Waals surface area contributed by atoms with Gasteiger partial charge in [-0.25, -0.2) is 9.18 Å². The summed E-state index contributed by atoms with van der Waals surface area (Å²) in [5, 5.41) is 0. The van der Waals surface area contributed by atoms with Crippen molar-refractivity contribution in [2.24, 2.45) is 11.7 Å². The van der Waals surface area contributed by atoms with Crippen LogP contribution in [-0.4, -0.2) is 40.4 Å². The molecule has 1 aliphatic rings. The molecule has 0 unspecified atom stereocenters. The van der Waals surface area contributed by atoms with Gasteiger partial charge in [-0.05, 0) is 5.92 Å². The van der Waals surface area contributed by atoms with Crippen LogP contribution in [0.4, 0.5) is 4.39 Å². The zero-order chi connectivity index (χ0) is 19.4. The molecule has 8 nitrogen and oxygen atoms in total. The number of alkyl halides is 1. The number of aromatic amines is 1. The molecule has 2 rings (SSSR count). The molecule has 0 bridgehead atoms. The van der Waals surface area contributed by atoms with E-state index in [4.69, 9.17) is 21.6 Å². The number of esters is 1. The van der Waals surface area contributed by atoms with Crippen molar-refractivity contribution in [3.05, 3.63) is 32.6 Å². The molecule has 0 aromatic carbocycles. The lowest BCUT2D eigenvalue weighted by Gasteiger charge is -2.19. The van der Waals surface area contributed by atoms with E-state index >= 15 is 0 Å². The lowest BCUT2D eigenvalue weighted by molar-refractivity contribution is -0.152. The minimum absolute atomic E-state index is 0.0668. The summed E-state index contributed by atoms with van der Waals surface area (Å²) in [5.74, 6) is 1.44. The fourth-order valence-corrected chi connectivity index (χ4v) is 2.56. The molecular formula is C17H22FN3O5. The van der Waals surface area contributed by atoms with E-state index in [1.807, 2.05) is 13.8 Å². The molecule has 142 valence electrons. The van der Waals surface area contributed by atoms with Crippen LogP contribution in [0.15, 0.2) is 15.8 Å². The highest BCUT2D eigenvalue weighted by atomic mass is 19.1. The van der Waals surface area contributed by atoms with Crippen molar-refractivity contribution in [3.8, 4) is 12.3 Å². The Labute approximate surface area is 149 Å². The van der Waals surface area contributed by atoms with E-state index in [0.717, 1.165) is 10.8 Å². The molecule has 9 heteroatoms. The maximum atomic E-state index is 14.2. The summed E-state index contributed by atoms with van der Waals surface area (Å²) in [6.07, 6.45) is 3.44. The third kappa shape index (κ3) is 4.20. The van der Waals surface area contributed by atoms with Crippen LogP contribution in [0.25, 0.3) is 0 Å². The van der Waals surface area contributed by atoms with E-state index in [-0.39, 0.29) is 24.5 Å². The second-order valence-corrected chi connectivity index (χ2v) is 6.28. The van der Waals surface area contributed by atoms with Crippen molar-refractivity contribution < 1.29 is 18.7 Å². The lowest BCUT2D eigenvalue weighted by atomic mass is 10.0. The number of nitrogens with zero attached hydrogens (tertiary/aromatic N) is 1. The fourth-order valence-electron chi connectivity index (χ4n) is 2.56. The SMILES string of the molecule is C#Cc1cn([C@H]2C[C@H](F)[C@@H](COC(=O)[C@@H](N)[C@@H](C)CC)O2)c(=O)[nH]c1=O. The zero-order valence-corrected chi connectivity index (χ0v) is 14.6. The van der Waals surface area contributed by atoms with Gasteiger partial charge in [-0.3, -0.25) is 19.1 Å². The fraction of sp³-hybridized carbons (Fsp3) is 0.588. The standard InChI is InChI=1S/C17H22FN3O5/c1-4-9(3)14(19)16(23)25-8-12-11(18)6-13(26-12)21-7-10(5-2)15(22)20-17(21)24/h2,7,9,11-14H,4,6,8,19H2,1,3H3,(H,20,22,24)/t9-,11-,12+,13+,14-/m0/s1. The topological polar surface area (TPSA) is 116 Å². The van der Waals surface area contributed by atoms with E-state index in [2.05, 4.69) is 10.9 Å². The molecule has 0 aliphatic carbocycles. The van der Waals surface area contributed by atoms with Crippen molar-refractivity contribution in [3.63, 3.8) is 0 Å². The second-order valence-electron chi connectivity index (χ2n) is 6.28. The second kappa shape index (κ2) is 8.29. The van der Waals surface area contributed by atoms with Crippen LogP contribution in [0, 0.1) is 18.3 Å². The summed E-state index contributed by atoms with van der Waals surface area (Å²) in [4.78, 5) is 37.3. The van der Waals surface area contributed by atoms with Gasteiger partial charge in [0.05, 0.1) is 0 Å². The molecule has 1 fully saturated rings. The Bertz CT molecular complexity index is 812. The normalized spacial score (nSPS) is 24.7. The highest BCUT2D eigenvalue weighted by molar-refractivity contribution is 5.75. The Kier molecular flexibility index (Phi) is 6.34. The third-order valence-electron chi connectivity index (χ3n) is 4.51. The van der Waals surface area contributed by atoms with Crippen LogP contribution in [-0.2, 0) is 14.3 Å². The molecule has 0 amide bonds. The maximum absolute atomic E-state index is 14.2. The van der Waals surface area contributed by atoms with E-state index in [1.54, 1.807) is 0 Å². The summed E-state index contributed by atoms with van der Waals surface area (Å²) < 4.78 is 25.8. The first kappa shape index (κ1) is 19.9. The molecule has 26 heavy (non-hydrogen) atoms. The van der Waals surface area contributed by atoms with Crippen LogP contribution in [0.1, 0.15) is 38.5 Å². The van der Waals surface area contributed by atoms with Gasteiger partial charge in [0.2, 0.25) is 0 Å². The van der Waals surface area contributed by atoms with Gasteiger partial charge >= 0.3 is 11.7 Å². The molecule has 3 N–H and O–H groups in total. The smallest absolute Gasteiger partial charge is 0.330 e. The van der Waals surface area contributed by atoms with Crippen LogP contribution in [0.3, 0.4) is 0 Å². The van der Waals surface area contributed by atoms with Crippen LogP contribution < -0.4 is 17.0 Å². The van der Waals surface area contributed by atoms with Crippen molar-refractivity contribution in [2.75, 3.05) is 6.61 Å². The number of aromatic nitrogens is 2. The summed E-state index contributed by atoms with van der Waals surface area (Å²) in [7, 11) is 0. The number of hydrogen-bond acceptors (Lipinski definition) is 6. The lowest BCUT2D eigenvalue weighted by Crippen LogP contribution is -2.39. The van der Waals surface area contributed by atoms with Crippen molar-refractivity contribution in [2.45, 2.75) is 51.2 Å². The average Bonchev–Trinajstić information content (AvgIpc) is 2.98. The summed E-state index contributed by atoms with van der Waals surface area (Å²) >= 11 is 0. The Hall–Kier alpha value is -2.44. The molecule has 2 heterocycles. The minimum atomic E-state index is -1.46. The Balaban J connectivity index is 2.04. The Morgan fingerprint density at radius 1 is 1.62 bits per heavy atom. The van der Waals surface area contributed by atoms with Gasteiger partial charge in [-0.2, -0.15) is 0 Å². The number of terminal acetylenes is 1. The van der Waals surface area contributed by atoms with Crippen LogP contribution in [0.5, 0.6) is 0 Å². The first-order chi connectivity index (χ1) is 12.3. The van der Waals surface area contributed by atoms with Gasteiger partial charge in [0.25, 0.3) is 5.56 Å². The number of rotatable bonds is 6. The van der Waals surface area contributed by atoms with E-state index in [1.165, 1.54) is 0 Å². The quantitative estimate of drug-likeness (QED) is 0.542. The van der Waals surface area contributed by atoms with Crippen LogP contribution >= 0.6 is 0 Å². The summed E-state index contributed by atoms with van der Waals surface area (Å²) in [5.41, 5.74) is 4.23. The maximum Gasteiger partial charge on any atom is 0.330 e. The van der Waals surface area contributed by atoms with Gasteiger partial charge in [0, 0.05) is 12.6 Å². The van der Waals surface area contributed by atoms with Gasteiger partial charge < -0.3 is 15.2 Å². The molecule has 0 radical (unpaired) electrons.